The van der Waals surface area contributed by atoms with Crippen LogP contribution in [-0.4, -0.2) is 14.5 Å². The van der Waals surface area contributed by atoms with Crippen LogP contribution in [-0.2, 0) is 0 Å². The Morgan fingerprint density at radius 1 is 0.826 bits per heavy atom. The van der Waals surface area contributed by atoms with Crippen molar-refractivity contribution in [1.29, 1.82) is 0 Å². The lowest BCUT2D eigenvalue weighted by atomic mass is 10.3. The molecule has 3 heterocycles. The second kappa shape index (κ2) is 6.45. The van der Waals surface area contributed by atoms with Crippen molar-refractivity contribution in [2.45, 2.75) is 6.92 Å². The van der Waals surface area contributed by atoms with Gasteiger partial charge in [-0.15, -0.1) is 4.98 Å². The Labute approximate surface area is 151 Å². The lowest BCUT2D eigenvalue weighted by molar-refractivity contribution is -0.579. The normalized spacial score (nSPS) is 10.5. The summed E-state index contributed by atoms with van der Waals surface area (Å²) in [5.74, 6) is 2.88. The van der Waals surface area contributed by atoms with Crippen LogP contribution in [0.4, 0.5) is 0 Å². The van der Waals surface area contributed by atoms with Gasteiger partial charge in [-0.2, -0.15) is 4.57 Å². The van der Waals surface area contributed by atoms with Gasteiger partial charge in [0.25, 0.3) is 5.82 Å². The van der Waals surface area contributed by atoms with Gasteiger partial charge >= 0.3 is 0 Å². The van der Waals surface area contributed by atoms with Crippen LogP contribution in [0.2, 0.25) is 0 Å². The fourth-order valence-corrected chi connectivity index (χ4v) is 2.84. The van der Waals surface area contributed by atoms with Crippen molar-refractivity contribution < 1.29 is 28.5 Å². The van der Waals surface area contributed by atoms with E-state index in [1.54, 1.807) is 0 Å². The summed E-state index contributed by atoms with van der Waals surface area (Å²) >= 11 is 0. The molecule has 0 amide bonds. The average Bonchev–Trinajstić information content (AvgIpc) is 2.88. The SMILES string of the molecule is Cc1n(-c2ccccn2)c2ccccc2[n+]1-c1ccccn1.[I-]. The molecule has 0 radical (unpaired) electrons. The van der Waals surface area contributed by atoms with Gasteiger partial charge in [0, 0.05) is 19.2 Å². The highest BCUT2D eigenvalue weighted by Crippen LogP contribution is 2.19. The summed E-state index contributed by atoms with van der Waals surface area (Å²) in [6.45, 7) is 2.09. The van der Waals surface area contributed by atoms with Crippen LogP contribution in [0.15, 0.2) is 73.1 Å². The molecule has 0 saturated carbocycles. The Hall–Kier alpha value is -2.28. The molecule has 0 aliphatic heterocycles. The van der Waals surface area contributed by atoms with Gasteiger partial charge in [-0.05, 0) is 30.3 Å². The smallest absolute Gasteiger partial charge is 0.267 e. The lowest BCUT2D eigenvalue weighted by Gasteiger charge is -2.01. The molecule has 5 heteroatoms. The van der Waals surface area contributed by atoms with E-state index in [0.29, 0.717) is 0 Å². The van der Waals surface area contributed by atoms with Crippen LogP contribution in [0.5, 0.6) is 0 Å². The monoisotopic (exact) mass is 414 g/mol. The van der Waals surface area contributed by atoms with Crippen molar-refractivity contribution in [2.75, 3.05) is 0 Å². The molecule has 4 aromatic rings. The third-order valence-corrected chi connectivity index (χ3v) is 3.77. The Kier molecular flexibility index (Phi) is 4.38. The maximum atomic E-state index is 4.50. The standard InChI is InChI=1S/C18H15N4.HI/c1-14-21(17-10-4-6-12-19-17)15-8-2-3-9-16(15)22(14)18-11-5-7-13-20-18;/h2-13H,1H3;1H/q+1;/p-1. The number of fused-ring (bicyclic) bond motifs is 1. The fourth-order valence-electron chi connectivity index (χ4n) is 2.84. The molecule has 0 bridgehead atoms. The number of nitrogens with zero attached hydrogens (tertiary/aromatic N) is 4. The van der Waals surface area contributed by atoms with Crippen LogP contribution < -0.4 is 28.5 Å². The van der Waals surface area contributed by atoms with Gasteiger partial charge in [0.1, 0.15) is 17.2 Å². The minimum Gasteiger partial charge on any atom is -1.00 e. The largest absolute Gasteiger partial charge is 1.00 e. The van der Waals surface area contributed by atoms with E-state index in [2.05, 4.69) is 38.2 Å². The van der Waals surface area contributed by atoms with E-state index < -0.39 is 0 Å². The molecule has 0 fully saturated rings. The Bertz CT molecular complexity index is 857. The number of hydrogen-bond donors (Lipinski definition) is 0. The zero-order chi connectivity index (χ0) is 14.9. The lowest BCUT2D eigenvalue weighted by Crippen LogP contribution is -3.00. The number of aromatic nitrogens is 4. The van der Waals surface area contributed by atoms with E-state index in [-0.39, 0.29) is 24.0 Å². The summed E-state index contributed by atoms with van der Waals surface area (Å²) in [5, 5.41) is 0. The summed E-state index contributed by atoms with van der Waals surface area (Å²) in [7, 11) is 0. The first kappa shape index (κ1) is 15.6. The molecule has 23 heavy (non-hydrogen) atoms. The zero-order valence-electron chi connectivity index (χ0n) is 12.6. The highest BCUT2D eigenvalue weighted by Gasteiger charge is 2.22. The molecule has 1 aromatic carbocycles. The summed E-state index contributed by atoms with van der Waals surface area (Å²) in [6.07, 6.45) is 3.63. The van der Waals surface area contributed by atoms with Gasteiger partial charge in [-0.3, -0.25) is 0 Å². The third kappa shape index (κ3) is 2.61. The third-order valence-electron chi connectivity index (χ3n) is 3.77. The molecular weight excluding hydrogens is 399 g/mol. The van der Waals surface area contributed by atoms with Gasteiger partial charge in [0.2, 0.25) is 5.82 Å². The summed E-state index contributed by atoms with van der Waals surface area (Å²) in [4.78, 5) is 8.99. The summed E-state index contributed by atoms with van der Waals surface area (Å²) in [5.41, 5.74) is 2.23. The number of benzene rings is 1. The van der Waals surface area contributed by atoms with Crippen LogP contribution in [0.3, 0.4) is 0 Å². The van der Waals surface area contributed by atoms with Crippen LogP contribution in [0.25, 0.3) is 22.7 Å². The summed E-state index contributed by atoms with van der Waals surface area (Å²) < 4.78 is 4.31. The van der Waals surface area contributed by atoms with Crippen LogP contribution in [0, 0.1) is 6.92 Å². The Morgan fingerprint density at radius 2 is 1.52 bits per heavy atom. The average molecular weight is 414 g/mol. The van der Waals surface area contributed by atoms with E-state index in [1.165, 1.54) is 0 Å². The number of imidazole rings is 1. The van der Waals surface area contributed by atoms with E-state index in [1.807, 2.05) is 60.9 Å². The summed E-state index contributed by atoms with van der Waals surface area (Å²) in [6, 6.07) is 20.2. The number of rotatable bonds is 2. The van der Waals surface area contributed by atoms with Crippen molar-refractivity contribution in [3.05, 3.63) is 78.9 Å². The molecule has 0 unspecified atom stereocenters. The van der Waals surface area contributed by atoms with Crippen LogP contribution >= 0.6 is 0 Å². The van der Waals surface area contributed by atoms with E-state index >= 15 is 0 Å². The number of hydrogen-bond acceptors (Lipinski definition) is 2. The first-order valence-corrected chi connectivity index (χ1v) is 7.21. The van der Waals surface area contributed by atoms with E-state index in [4.69, 9.17) is 0 Å². The number of pyridine rings is 2. The maximum Gasteiger partial charge on any atom is 0.267 e. The molecule has 4 rings (SSSR count). The predicted molar refractivity (Wildman–Crippen MR) is 85.1 cm³/mol. The quantitative estimate of drug-likeness (QED) is 0.342. The number of para-hydroxylation sites is 2. The predicted octanol–water partition coefficient (Wildman–Crippen LogP) is 0.00962. The molecule has 0 saturated heterocycles. The van der Waals surface area contributed by atoms with Crippen molar-refractivity contribution >= 4 is 11.0 Å². The van der Waals surface area contributed by atoms with E-state index in [0.717, 1.165) is 28.5 Å². The zero-order valence-corrected chi connectivity index (χ0v) is 14.8. The molecular formula is C18H15IN4. The van der Waals surface area contributed by atoms with Crippen molar-refractivity contribution in [3.8, 4) is 11.6 Å². The van der Waals surface area contributed by atoms with E-state index in [9.17, 15) is 0 Å². The molecule has 114 valence electrons. The second-order valence-electron chi connectivity index (χ2n) is 5.08. The van der Waals surface area contributed by atoms with Crippen molar-refractivity contribution in [1.82, 2.24) is 14.5 Å². The fraction of sp³-hybridized carbons (Fsp3) is 0.0556. The van der Waals surface area contributed by atoms with Gasteiger partial charge in [-0.25, -0.2) is 9.55 Å². The van der Waals surface area contributed by atoms with Gasteiger partial charge in [0.05, 0.1) is 0 Å². The molecule has 0 aliphatic rings. The highest BCUT2D eigenvalue weighted by molar-refractivity contribution is 5.74. The Morgan fingerprint density at radius 3 is 2.22 bits per heavy atom. The first-order valence-electron chi connectivity index (χ1n) is 7.21. The topological polar surface area (TPSA) is 34.6 Å². The van der Waals surface area contributed by atoms with Gasteiger partial charge in [-0.1, -0.05) is 24.3 Å². The van der Waals surface area contributed by atoms with Crippen LogP contribution in [0.1, 0.15) is 5.82 Å². The minimum atomic E-state index is 0. The maximum absolute atomic E-state index is 4.50. The molecule has 3 aromatic heterocycles. The minimum absolute atomic E-state index is 0. The highest BCUT2D eigenvalue weighted by atomic mass is 127. The molecule has 0 atom stereocenters. The van der Waals surface area contributed by atoms with Crippen molar-refractivity contribution in [3.63, 3.8) is 0 Å². The molecule has 0 aliphatic carbocycles. The van der Waals surface area contributed by atoms with Gasteiger partial charge < -0.3 is 24.0 Å². The Balaban J connectivity index is 0.00000156. The molecule has 4 nitrogen and oxygen atoms in total. The number of halogens is 1. The molecule has 0 spiro atoms. The van der Waals surface area contributed by atoms with Crippen molar-refractivity contribution in [2.24, 2.45) is 0 Å². The first-order chi connectivity index (χ1) is 10.9. The second-order valence-corrected chi connectivity index (χ2v) is 5.08. The van der Waals surface area contributed by atoms with Gasteiger partial charge in [0.15, 0.2) is 5.82 Å². The molecule has 0 N–H and O–H groups in total.